The second-order valence-corrected chi connectivity index (χ2v) is 3.09. The molecular weight excluding hydrogens is 126 g/mol. The molecule has 1 aliphatic rings. The zero-order chi connectivity index (χ0) is 7.40. The first-order valence-corrected chi connectivity index (χ1v) is 3.87. The standard InChI is InChI=1S/C7H17N3/c1-9(2)7-10-5-3-8-4-6-10/h8H,3-7H2,1-2H3. The van der Waals surface area contributed by atoms with Crippen molar-refractivity contribution in [3.63, 3.8) is 0 Å². The molecule has 60 valence electrons. The van der Waals surface area contributed by atoms with Gasteiger partial charge in [-0.3, -0.25) is 9.80 Å². The molecule has 0 amide bonds. The molecule has 1 N–H and O–H groups in total. The Bertz CT molecular complexity index is 86.9. The predicted octanol–water partition coefficient (Wildman–Crippen LogP) is -0.589. The van der Waals surface area contributed by atoms with E-state index < -0.39 is 0 Å². The van der Waals surface area contributed by atoms with Crippen molar-refractivity contribution in [2.24, 2.45) is 0 Å². The second-order valence-electron chi connectivity index (χ2n) is 3.09. The third-order valence-corrected chi connectivity index (χ3v) is 1.69. The van der Waals surface area contributed by atoms with Gasteiger partial charge in [-0.1, -0.05) is 0 Å². The monoisotopic (exact) mass is 143 g/mol. The number of nitrogens with one attached hydrogen (secondary N) is 1. The Morgan fingerprint density at radius 2 is 1.90 bits per heavy atom. The molecule has 0 bridgehead atoms. The Morgan fingerprint density at radius 3 is 2.40 bits per heavy atom. The van der Waals surface area contributed by atoms with Crippen LogP contribution in [0.2, 0.25) is 0 Å². The predicted molar refractivity (Wildman–Crippen MR) is 43.0 cm³/mol. The van der Waals surface area contributed by atoms with Gasteiger partial charge in [0.15, 0.2) is 0 Å². The lowest BCUT2D eigenvalue weighted by molar-refractivity contribution is 0.158. The van der Waals surface area contributed by atoms with Gasteiger partial charge in [-0.2, -0.15) is 0 Å². The summed E-state index contributed by atoms with van der Waals surface area (Å²) in [6, 6.07) is 0. The maximum atomic E-state index is 3.33. The number of piperazine rings is 1. The lowest BCUT2D eigenvalue weighted by atomic mass is 10.4. The first-order chi connectivity index (χ1) is 4.79. The second kappa shape index (κ2) is 3.91. The van der Waals surface area contributed by atoms with Crippen molar-refractivity contribution in [1.82, 2.24) is 15.1 Å². The maximum Gasteiger partial charge on any atom is 0.0501 e. The highest BCUT2D eigenvalue weighted by Gasteiger charge is 2.08. The van der Waals surface area contributed by atoms with Crippen molar-refractivity contribution in [2.75, 3.05) is 46.9 Å². The summed E-state index contributed by atoms with van der Waals surface area (Å²) in [7, 11) is 4.23. The molecule has 0 unspecified atom stereocenters. The molecule has 0 spiro atoms. The van der Waals surface area contributed by atoms with E-state index in [9.17, 15) is 0 Å². The van der Waals surface area contributed by atoms with E-state index in [1.165, 1.54) is 13.1 Å². The highest BCUT2D eigenvalue weighted by atomic mass is 15.3. The zero-order valence-electron chi connectivity index (χ0n) is 6.93. The summed E-state index contributed by atoms with van der Waals surface area (Å²) in [6.07, 6.45) is 0. The molecule has 10 heavy (non-hydrogen) atoms. The minimum Gasteiger partial charge on any atom is -0.314 e. The topological polar surface area (TPSA) is 18.5 Å². The van der Waals surface area contributed by atoms with Gasteiger partial charge in [0.2, 0.25) is 0 Å². The van der Waals surface area contributed by atoms with Gasteiger partial charge in [0.1, 0.15) is 0 Å². The smallest absolute Gasteiger partial charge is 0.0501 e. The molecule has 1 heterocycles. The van der Waals surface area contributed by atoms with E-state index >= 15 is 0 Å². The van der Waals surface area contributed by atoms with Crippen molar-refractivity contribution in [3.8, 4) is 0 Å². The summed E-state index contributed by atoms with van der Waals surface area (Å²) >= 11 is 0. The van der Waals surface area contributed by atoms with Gasteiger partial charge >= 0.3 is 0 Å². The summed E-state index contributed by atoms with van der Waals surface area (Å²) in [4.78, 5) is 4.67. The van der Waals surface area contributed by atoms with E-state index in [0.29, 0.717) is 0 Å². The fourth-order valence-electron chi connectivity index (χ4n) is 1.25. The van der Waals surface area contributed by atoms with Gasteiger partial charge in [0, 0.05) is 26.2 Å². The highest BCUT2D eigenvalue weighted by molar-refractivity contribution is 4.65. The van der Waals surface area contributed by atoms with E-state index in [4.69, 9.17) is 0 Å². The minimum atomic E-state index is 1.10. The fourth-order valence-corrected chi connectivity index (χ4v) is 1.25. The van der Waals surface area contributed by atoms with Crippen LogP contribution in [0.1, 0.15) is 0 Å². The molecular formula is C7H17N3. The van der Waals surface area contributed by atoms with Crippen molar-refractivity contribution in [1.29, 1.82) is 0 Å². The molecule has 0 aromatic heterocycles. The molecule has 1 aliphatic heterocycles. The fraction of sp³-hybridized carbons (Fsp3) is 1.00. The first-order valence-electron chi connectivity index (χ1n) is 3.87. The Kier molecular flexibility index (Phi) is 3.12. The molecule has 0 aromatic rings. The van der Waals surface area contributed by atoms with Gasteiger partial charge in [-0.15, -0.1) is 0 Å². The lowest BCUT2D eigenvalue weighted by Gasteiger charge is -2.29. The van der Waals surface area contributed by atoms with Gasteiger partial charge < -0.3 is 5.32 Å². The maximum absolute atomic E-state index is 3.33. The van der Waals surface area contributed by atoms with E-state index in [-0.39, 0.29) is 0 Å². The molecule has 0 atom stereocenters. The van der Waals surface area contributed by atoms with Crippen LogP contribution >= 0.6 is 0 Å². The van der Waals surface area contributed by atoms with Crippen LogP contribution in [0, 0.1) is 0 Å². The van der Waals surface area contributed by atoms with Crippen molar-refractivity contribution >= 4 is 0 Å². The van der Waals surface area contributed by atoms with E-state index in [1.807, 2.05) is 0 Å². The van der Waals surface area contributed by atoms with Crippen molar-refractivity contribution in [2.45, 2.75) is 0 Å². The SMILES string of the molecule is CN(C)CN1CCNCC1. The summed E-state index contributed by atoms with van der Waals surface area (Å²) in [5.74, 6) is 0. The molecule has 0 saturated carbocycles. The van der Waals surface area contributed by atoms with Crippen LogP contribution in [-0.4, -0.2) is 56.7 Å². The first kappa shape index (κ1) is 7.98. The van der Waals surface area contributed by atoms with Crippen LogP contribution in [0.15, 0.2) is 0 Å². The van der Waals surface area contributed by atoms with Crippen molar-refractivity contribution < 1.29 is 0 Å². The molecule has 1 saturated heterocycles. The molecule has 0 radical (unpaired) electrons. The van der Waals surface area contributed by atoms with E-state index in [2.05, 4.69) is 29.2 Å². The summed E-state index contributed by atoms with van der Waals surface area (Å²) < 4.78 is 0. The highest BCUT2D eigenvalue weighted by Crippen LogP contribution is 1.91. The summed E-state index contributed by atoms with van der Waals surface area (Å²) in [5.41, 5.74) is 0. The van der Waals surface area contributed by atoms with Gasteiger partial charge in [-0.25, -0.2) is 0 Å². The van der Waals surface area contributed by atoms with Gasteiger partial charge in [0.05, 0.1) is 6.67 Å². The number of hydrogen-bond acceptors (Lipinski definition) is 3. The van der Waals surface area contributed by atoms with Crippen LogP contribution in [0.5, 0.6) is 0 Å². The number of hydrogen-bond donors (Lipinski definition) is 1. The average Bonchev–Trinajstić information content (AvgIpc) is 1.88. The van der Waals surface area contributed by atoms with E-state index in [0.717, 1.165) is 19.8 Å². The van der Waals surface area contributed by atoms with Gasteiger partial charge in [-0.05, 0) is 14.1 Å². The van der Waals surface area contributed by atoms with Crippen LogP contribution in [0.4, 0.5) is 0 Å². The van der Waals surface area contributed by atoms with Crippen LogP contribution in [0.3, 0.4) is 0 Å². The van der Waals surface area contributed by atoms with Crippen LogP contribution in [-0.2, 0) is 0 Å². The van der Waals surface area contributed by atoms with Crippen LogP contribution in [0.25, 0.3) is 0 Å². The van der Waals surface area contributed by atoms with Crippen LogP contribution < -0.4 is 5.32 Å². The lowest BCUT2D eigenvalue weighted by Crippen LogP contribution is -2.46. The third kappa shape index (κ3) is 2.64. The number of rotatable bonds is 2. The minimum absolute atomic E-state index is 1.10. The summed E-state index contributed by atoms with van der Waals surface area (Å²) in [5, 5.41) is 3.33. The zero-order valence-corrected chi connectivity index (χ0v) is 6.93. The Labute approximate surface area is 63.0 Å². The molecule has 0 aromatic carbocycles. The summed E-state index contributed by atoms with van der Waals surface area (Å²) in [6.45, 7) is 5.78. The van der Waals surface area contributed by atoms with Gasteiger partial charge in [0.25, 0.3) is 0 Å². The molecule has 1 fully saturated rings. The quantitative estimate of drug-likeness (QED) is 0.557. The van der Waals surface area contributed by atoms with Crippen molar-refractivity contribution in [3.05, 3.63) is 0 Å². The van der Waals surface area contributed by atoms with E-state index in [1.54, 1.807) is 0 Å². The normalized spacial score (nSPS) is 21.9. The average molecular weight is 143 g/mol. The molecule has 0 aliphatic carbocycles. The Hall–Kier alpha value is -0.120. The Morgan fingerprint density at radius 1 is 1.30 bits per heavy atom. The molecule has 1 rings (SSSR count). The number of nitrogens with zero attached hydrogens (tertiary/aromatic N) is 2. The third-order valence-electron chi connectivity index (χ3n) is 1.69. The molecule has 3 nitrogen and oxygen atoms in total. The largest absolute Gasteiger partial charge is 0.314 e. The Balaban J connectivity index is 2.13. The molecule has 3 heteroatoms.